The minimum Gasteiger partial charge on any atom is -0.388 e. The van der Waals surface area contributed by atoms with Crippen molar-refractivity contribution < 1.29 is 14.7 Å². The number of ketones is 1. The Morgan fingerprint density at radius 1 is 1.48 bits per heavy atom. The van der Waals surface area contributed by atoms with E-state index in [2.05, 4.69) is 33.4 Å². The SMILES string of the molecule is C=C(C(C)=O)[C@H](O)C[C@]1(C)[C@H](C)CC[C@]2(C)C(C=O)=CCC[C@@H]12. The molecule has 0 aromatic carbocycles. The molecule has 0 aromatic rings. The standard InChI is InChI=1S/C20H30O3/c1-13-9-10-19(4)16(12-21)7-6-8-18(19)20(13,5)11-17(23)14(2)15(3)22/h7,12-13,17-18,23H,2,6,8-11H2,1,3-5H3/t13-,17-,18-,19-,20-/m1/s1. The molecule has 5 atom stereocenters. The van der Waals surface area contributed by atoms with E-state index in [1.54, 1.807) is 0 Å². The summed E-state index contributed by atoms with van der Waals surface area (Å²) in [5, 5.41) is 10.5. The van der Waals surface area contributed by atoms with Gasteiger partial charge >= 0.3 is 0 Å². The number of aliphatic hydroxyl groups is 1. The van der Waals surface area contributed by atoms with Gasteiger partial charge in [0, 0.05) is 5.57 Å². The molecule has 23 heavy (non-hydrogen) atoms. The molecule has 3 heteroatoms. The normalized spacial score (nSPS) is 38.2. The maximum atomic E-state index is 11.6. The molecule has 0 spiro atoms. The van der Waals surface area contributed by atoms with Crippen LogP contribution in [0, 0.1) is 22.7 Å². The molecule has 0 aromatic heterocycles. The minimum atomic E-state index is -0.798. The molecule has 1 saturated carbocycles. The first-order valence-electron chi connectivity index (χ1n) is 8.70. The number of Topliss-reactive ketones (excluding diaryl/α,β-unsaturated/α-hetero) is 1. The van der Waals surface area contributed by atoms with Crippen LogP contribution in [0.5, 0.6) is 0 Å². The number of allylic oxidation sites excluding steroid dienone is 2. The van der Waals surface area contributed by atoms with Crippen LogP contribution in [-0.2, 0) is 9.59 Å². The maximum Gasteiger partial charge on any atom is 0.157 e. The zero-order valence-corrected chi connectivity index (χ0v) is 14.9. The average Bonchev–Trinajstić information content (AvgIpc) is 2.50. The van der Waals surface area contributed by atoms with Crippen LogP contribution in [0.2, 0.25) is 0 Å². The number of rotatable bonds is 5. The Kier molecular flexibility index (Phi) is 5.00. The fourth-order valence-electron chi connectivity index (χ4n) is 5.02. The van der Waals surface area contributed by atoms with Gasteiger partial charge in [0.15, 0.2) is 5.78 Å². The third-order valence-corrected chi connectivity index (χ3v) is 6.88. The molecular weight excluding hydrogens is 288 g/mol. The van der Waals surface area contributed by atoms with Gasteiger partial charge in [-0.15, -0.1) is 0 Å². The zero-order chi connectivity index (χ0) is 17.4. The zero-order valence-electron chi connectivity index (χ0n) is 14.9. The first kappa shape index (κ1) is 18.1. The van der Waals surface area contributed by atoms with E-state index >= 15 is 0 Å². The number of fused-ring (bicyclic) bond motifs is 1. The molecule has 128 valence electrons. The quantitative estimate of drug-likeness (QED) is 0.618. The van der Waals surface area contributed by atoms with Crippen molar-refractivity contribution in [2.24, 2.45) is 22.7 Å². The molecule has 0 aliphatic heterocycles. The van der Waals surface area contributed by atoms with Crippen molar-refractivity contribution in [2.45, 2.75) is 65.9 Å². The smallest absolute Gasteiger partial charge is 0.157 e. The summed E-state index contributed by atoms with van der Waals surface area (Å²) in [6.07, 6.45) is 6.86. The first-order chi connectivity index (χ1) is 10.7. The molecule has 3 nitrogen and oxygen atoms in total. The van der Waals surface area contributed by atoms with E-state index in [9.17, 15) is 14.7 Å². The number of carbonyl (C=O) groups excluding carboxylic acids is 2. The number of hydrogen-bond acceptors (Lipinski definition) is 3. The van der Waals surface area contributed by atoms with Crippen molar-refractivity contribution in [2.75, 3.05) is 0 Å². The van der Waals surface area contributed by atoms with Gasteiger partial charge in [0.25, 0.3) is 0 Å². The molecule has 0 heterocycles. The van der Waals surface area contributed by atoms with Crippen LogP contribution in [0.1, 0.15) is 59.8 Å². The van der Waals surface area contributed by atoms with Gasteiger partial charge in [-0.25, -0.2) is 0 Å². The lowest BCUT2D eigenvalue weighted by atomic mass is 9.46. The Balaban J connectivity index is 2.35. The molecule has 2 aliphatic carbocycles. The van der Waals surface area contributed by atoms with Gasteiger partial charge in [0.2, 0.25) is 0 Å². The van der Waals surface area contributed by atoms with Gasteiger partial charge < -0.3 is 5.11 Å². The van der Waals surface area contributed by atoms with Gasteiger partial charge in [-0.3, -0.25) is 9.59 Å². The van der Waals surface area contributed by atoms with E-state index in [0.717, 1.165) is 37.5 Å². The highest BCUT2D eigenvalue weighted by molar-refractivity contribution is 5.93. The monoisotopic (exact) mass is 318 g/mol. The van der Waals surface area contributed by atoms with Crippen LogP contribution in [-0.4, -0.2) is 23.3 Å². The Hall–Kier alpha value is -1.22. The summed E-state index contributed by atoms with van der Waals surface area (Å²) in [5.74, 6) is 0.642. The Morgan fingerprint density at radius 3 is 2.70 bits per heavy atom. The van der Waals surface area contributed by atoms with Gasteiger partial charge in [-0.05, 0) is 67.3 Å². The topological polar surface area (TPSA) is 54.4 Å². The summed E-state index contributed by atoms with van der Waals surface area (Å²) in [7, 11) is 0. The minimum absolute atomic E-state index is 0.104. The third-order valence-electron chi connectivity index (χ3n) is 6.88. The number of hydrogen-bond donors (Lipinski definition) is 1. The molecule has 2 rings (SSSR count). The van der Waals surface area contributed by atoms with Crippen molar-refractivity contribution in [3.63, 3.8) is 0 Å². The van der Waals surface area contributed by atoms with Gasteiger partial charge in [-0.1, -0.05) is 33.4 Å². The van der Waals surface area contributed by atoms with Crippen LogP contribution in [0.4, 0.5) is 0 Å². The van der Waals surface area contributed by atoms with E-state index in [-0.39, 0.29) is 16.6 Å². The van der Waals surface area contributed by atoms with Gasteiger partial charge in [0.1, 0.15) is 6.29 Å². The third kappa shape index (κ3) is 2.96. The summed E-state index contributed by atoms with van der Waals surface area (Å²) < 4.78 is 0. The van der Waals surface area contributed by atoms with E-state index < -0.39 is 6.10 Å². The molecule has 2 aliphatic rings. The van der Waals surface area contributed by atoms with Gasteiger partial charge in [0.05, 0.1) is 6.10 Å². The molecule has 0 amide bonds. The lowest BCUT2D eigenvalue weighted by Gasteiger charge is -2.58. The Labute approximate surface area is 139 Å². The highest BCUT2D eigenvalue weighted by atomic mass is 16.3. The van der Waals surface area contributed by atoms with Crippen LogP contribution in [0.15, 0.2) is 23.8 Å². The van der Waals surface area contributed by atoms with E-state index in [0.29, 0.717) is 23.8 Å². The van der Waals surface area contributed by atoms with Crippen LogP contribution < -0.4 is 0 Å². The highest BCUT2D eigenvalue weighted by Gasteiger charge is 2.54. The average molecular weight is 318 g/mol. The second-order valence-corrected chi connectivity index (χ2v) is 8.07. The summed E-state index contributed by atoms with van der Waals surface area (Å²) in [6, 6.07) is 0. The van der Waals surface area contributed by atoms with Gasteiger partial charge in [-0.2, -0.15) is 0 Å². The summed E-state index contributed by atoms with van der Waals surface area (Å²) in [4.78, 5) is 23.1. The fourth-order valence-corrected chi connectivity index (χ4v) is 5.02. The molecule has 0 unspecified atom stereocenters. The molecule has 0 saturated heterocycles. The molecule has 1 N–H and O–H groups in total. The van der Waals surface area contributed by atoms with Crippen molar-refractivity contribution in [1.82, 2.24) is 0 Å². The lowest BCUT2D eigenvalue weighted by Crippen LogP contribution is -2.51. The molecule has 1 fully saturated rings. The predicted octanol–water partition coefficient (Wildman–Crippen LogP) is 3.86. The molecular formula is C20H30O3. The second-order valence-electron chi connectivity index (χ2n) is 8.07. The number of aldehydes is 1. The van der Waals surface area contributed by atoms with Crippen molar-refractivity contribution >= 4 is 12.1 Å². The Bertz CT molecular complexity index is 547. The highest BCUT2D eigenvalue weighted by Crippen LogP contribution is 2.61. The second kappa shape index (κ2) is 6.35. The van der Waals surface area contributed by atoms with E-state index in [4.69, 9.17) is 0 Å². The first-order valence-corrected chi connectivity index (χ1v) is 8.70. The predicted molar refractivity (Wildman–Crippen MR) is 91.9 cm³/mol. The van der Waals surface area contributed by atoms with Crippen molar-refractivity contribution in [1.29, 1.82) is 0 Å². The van der Waals surface area contributed by atoms with Crippen LogP contribution in [0.25, 0.3) is 0 Å². The summed E-state index contributed by atoms with van der Waals surface area (Å²) in [5.41, 5.74) is 1.01. The molecule has 0 radical (unpaired) electrons. The maximum absolute atomic E-state index is 11.6. The van der Waals surface area contributed by atoms with E-state index in [1.165, 1.54) is 6.92 Å². The van der Waals surface area contributed by atoms with Crippen LogP contribution >= 0.6 is 0 Å². The van der Waals surface area contributed by atoms with Crippen molar-refractivity contribution in [3.05, 3.63) is 23.8 Å². The van der Waals surface area contributed by atoms with Crippen molar-refractivity contribution in [3.8, 4) is 0 Å². The van der Waals surface area contributed by atoms with E-state index in [1.807, 2.05) is 0 Å². The molecule has 0 bridgehead atoms. The Morgan fingerprint density at radius 2 is 2.13 bits per heavy atom. The summed E-state index contributed by atoms with van der Waals surface area (Å²) in [6.45, 7) is 11.9. The largest absolute Gasteiger partial charge is 0.388 e. The lowest BCUT2D eigenvalue weighted by molar-refractivity contribution is -0.115. The number of carbonyl (C=O) groups is 2. The van der Waals surface area contributed by atoms with Crippen LogP contribution in [0.3, 0.4) is 0 Å². The summed E-state index contributed by atoms with van der Waals surface area (Å²) >= 11 is 0. The fraction of sp³-hybridized carbons (Fsp3) is 0.700. The number of aliphatic hydroxyl groups excluding tert-OH is 1.